The molecule has 31 heavy (non-hydrogen) atoms. The van der Waals surface area contributed by atoms with E-state index in [2.05, 4.69) is 15.4 Å². The van der Waals surface area contributed by atoms with Crippen LogP contribution in [0.2, 0.25) is 0 Å². The van der Waals surface area contributed by atoms with Gasteiger partial charge < -0.3 is 10.4 Å². The lowest BCUT2D eigenvalue weighted by Crippen LogP contribution is -2.32. The van der Waals surface area contributed by atoms with Gasteiger partial charge in [-0.15, -0.1) is 0 Å². The van der Waals surface area contributed by atoms with Crippen LogP contribution in [0.1, 0.15) is 22.1 Å². The number of carbonyl (C=O) groups excluding carboxylic acids is 1. The molecule has 0 aliphatic heterocycles. The van der Waals surface area contributed by atoms with Crippen molar-refractivity contribution in [2.45, 2.75) is 6.04 Å². The van der Waals surface area contributed by atoms with Crippen LogP contribution in [0.15, 0.2) is 79.0 Å². The number of hydrogen-bond donors (Lipinski definition) is 2. The molecule has 4 aromatic rings. The van der Waals surface area contributed by atoms with Gasteiger partial charge in [0.25, 0.3) is 5.91 Å². The fourth-order valence-corrected chi connectivity index (χ4v) is 3.25. The number of nitrogens with one attached hydrogen (secondary N) is 1. The molecule has 156 valence electrons. The summed E-state index contributed by atoms with van der Waals surface area (Å²) in [5.41, 5.74) is 1.02. The summed E-state index contributed by atoms with van der Waals surface area (Å²) >= 11 is 0. The summed E-state index contributed by atoms with van der Waals surface area (Å²) in [5, 5.41) is 16.5. The van der Waals surface area contributed by atoms with Crippen molar-refractivity contribution < 1.29 is 18.7 Å². The Morgan fingerprint density at radius 3 is 2.35 bits per heavy atom. The minimum absolute atomic E-state index is 0.0136. The molecule has 0 radical (unpaired) electrons. The van der Waals surface area contributed by atoms with E-state index >= 15 is 0 Å². The van der Waals surface area contributed by atoms with E-state index in [1.807, 2.05) is 30.3 Å². The summed E-state index contributed by atoms with van der Waals surface area (Å²) in [4.78, 5) is 17.2. The van der Waals surface area contributed by atoms with Crippen LogP contribution in [0, 0.1) is 11.6 Å². The number of halogens is 2. The summed E-state index contributed by atoms with van der Waals surface area (Å²) in [6.45, 7) is -0.684. The number of pyridine rings is 1. The normalized spacial score (nSPS) is 11.8. The molecule has 2 N–H and O–H groups in total. The molecule has 0 spiro atoms. The van der Waals surface area contributed by atoms with Crippen molar-refractivity contribution in [3.8, 4) is 17.1 Å². The van der Waals surface area contributed by atoms with Crippen LogP contribution >= 0.6 is 0 Å². The van der Waals surface area contributed by atoms with Crippen LogP contribution in [0.4, 0.5) is 8.78 Å². The molecular formula is C23H18F2N4O2. The molecule has 0 aliphatic carbocycles. The van der Waals surface area contributed by atoms with E-state index in [9.17, 15) is 18.7 Å². The first-order chi connectivity index (χ1) is 15.1. The van der Waals surface area contributed by atoms with Gasteiger partial charge in [-0.3, -0.25) is 4.79 Å². The van der Waals surface area contributed by atoms with E-state index in [4.69, 9.17) is 0 Å². The third-order valence-electron chi connectivity index (χ3n) is 4.71. The third kappa shape index (κ3) is 4.19. The number of rotatable bonds is 6. The van der Waals surface area contributed by atoms with E-state index in [-0.39, 0.29) is 5.69 Å². The Balaban J connectivity index is 1.71. The molecule has 0 saturated heterocycles. The molecule has 0 fully saturated rings. The molecular weight excluding hydrogens is 402 g/mol. The lowest BCUT2D eigenvalue weighted by atomic mass is 10.1. The van der Waals surface area contributed by atoms with Crippen molar-refractivity contribution in [1.82, 2.24) is 20.1 Å². The quantitative estimate of drug-likeness (QED) is 0.499. The van der Waals surface area contributed by atoms with Gasteiger partial charge in [-0.05, 0) is 30.3 Å². The summed E-state index contributed by atoms with van der Waals surface area (Å²) < 4.78 is 29.8. The van der Waals surface area contributed by atoms with Crippen molar-refractivity contribution >= 4 is 5.91 Å². The molecule has 0 aliphatic rings. The Bertz CT molecular complexity index is 1120. The fraction of sp³-hybridized carbons (Fsp3) is 0.0870. The largest absolute Gasteiger partial charge is 0.394 e. The Labute approximate surface area is 176 Å². The fourth-order valence-electron chi connectivity index (χ4n) is 3.25. The highest BCUT2D eigenvalue weighted by Crippen LogP contribution is 2.24. The zero-order valence-corrected chi connectivity index (χ0v) is 16.2. The number of hydrogen-bond acceptors (Lipinski definition) is 4. The first-order valence-corrected chi connectivity index (χ1v) is 9.51. The van der Waals surface area contributed by atoms with Crippen LogP contribution in [0.25, 0.3) is 17.1 Å². The SMILES string of the molecule is O=C(NC(CO)c1c(F)cccc1F)c1cc(-c2ccccc2)n(-c2ccccn2)n1. The lowest BCUT2D eigenvalue weighted by molar-refractivity contribution is 0.0908. The molecule has 2 aromatic carbocycles. The Morgan fingerprint density at radius 2 is 1.71 bits per heavy atom. The van der Waals surface area contributed by atoms with Gasteiger partial charge in [0, 0.05) is 17.3 Å². The van der Waals surface area contributed by atoms with E-state index in [1.54, 1.807) is 30.5 Å². The summed E-state index contributed by atoms with van der Waals surface area (Å²) in [6, 6.07) is 18.2. The summed E-state index contributed by atoms with van der Waals surface area (Å²) in [5.74, 6) is -1.90. The Kier molecular flexibility index (Phi) is 5.81. The first-order valence-electron chi connectivity index (χ1n) is 9.51. The number of carbonyl (C=O) groups is 1. The highest BCUT2D eigenvalue weighted by Gasteiger charge is 2.24. The zero-order chi connectivity index (χ0) is 21.8. The molecule has 1 atom stereocenters. The predicted molar refractivity (Wildman–Crippen MR) is 110 cm³/mol. The Hall–Kier alpha value is -3.91. The van der Waals surface area contributed by atoms with E-state index < -0.39 is 35.8 Å². The van der Waals surface area contributed by atoms with Gasteiger partial charge in [0.1, 0.15) is 11.6 Å². The van der Waals surface area contributed by atoms with E-state index in [0.29, 0.717) is 11.5 Å². The van der Waals surface area contributed by atoms with Gasteiger partial charge in [-0.25, -0.2) is 18.4 Å². The predicted octanol–water partition coefficient (Wildman–Crippen LogP) is 3.68. The van der Waals surface area contributed by atoms with Crippen LogP contribution < -0.4 is 5.32 Å². The molecule has 0 bridgehead atoms. The van der Waals surface area contributed by atoms with Gasteiger partial charge in [0.15, 0.2) is 11.5 Å². The molecule has 0 saturated carbocycles. The second kappa shape index (κ2) is 8.85. The smallest absolute Gasteiger partial charge is 0.272 e. The maximum Gasteiger partial charge on any atom is 0.272 e. The van der Waals surface area contributed by atoms with Crippen LogP contribution in [-0.2, 0) is 0 Å². The third-order valence-corrected chi connectivity index (χ3v) is 4.71. The van der Waals surface area contributed by atoms with Gasteiger partial charge in [-0.2, -0.15) is 5.10 Å². The molecule has 1 amide bonds. The average Bonchev–Trinajstić information content (AvgIpc) is 3.25. The standard InChI is InChI=1S/C23H18F2N4O2/c24-16-9-6-10-17(25)22(16)19(14-30)27-23(31)18-13-20(15-7-2-1-3-8-15)29(28-18)21-11-4-5-12-26-21/h1-13,19,30H,14H2,(H,27,31). The number of aromatic nitrogens is 3. The Morgan fingerprint density at radius 1 is 1.00 bits per heavy atom. The number of benzene rings is 2. The first kappa shape index (κ1) is 20.4. The summed E-state index contributed by atoms with van der Waals surface area (Å²) in [7, 11) is 0. The monoisotopic (exact) mass is 420 g/mol. The van der Waals surface area contributed by atoms with E-state index in [0.717, 1.165) is 17.7 Å². The van der Waals surface area contributed by atoms with Crippen molar-refractivity contribution in [2.24, 2.45) is 0 Å². The van der Waals surface area contributed by atoms with Crippen LogP contribution in [0.3, 0.4) is 0 Å². The van der Waals surface area contributed by atoms with Crippen molar-refractivity contribution in [3.63, 3.8) is 0 Å². The number of nitrogens with zero attached hydrogens (tertiary/aromatic N) is 3. The second-order valence-electron chi connectivity index (χ2n) is 6.72. The van der Waals surface area contributed by atoms with E-state index in [1.165, 1.54) is 10.7 Å². The lowest BCUT2D eigenvalue weighted by Gasteiger charge is -2.17. The highest BCUT2D eigenvalue weighted by atomic mass is 19.1. The van der Waals surface area contributed by atoms with Gasteiger partial charge >= 0.3 is 0 Å². The second-order valence-corrected chi connectivity index (χ2v) is 6.72. The maximum absolute atomic E-state index is 14.1. The highest BCUT2D eigenvalue weighted by molar-refractivity contribution is 5.94. The van der Waals surface area contributed by atoms with Crippen LogP contribution in [0.5, 0.6) is 0 Å². The van der Waals surface area contributed by atoms with Gasteiger partial charge in [-0.1, -0.05) is 42.5 Å². The zero-order valence-electron chi connectivity index (χ0n) is 16.2. The average molecular weight is 420 g/mol. The summed E-state index contributed by atoms with van der Waals surface area (Å²) in [6.07, 6.45) is 1.61. The number of amides is 1. The number of aliphatic hydroxyl groups is 1. The minimum atomic E-state index is -1.27. The molecule has 1 unspecified atom stereocenters. The molecule has 6 nitrogen and oxygen atoms in total. The van der Waals surface area contributed by atoms with Crippen molar-refractivity contribution in [3.05, 3.63) is 102 Å². The molecule has 8 heteroatoms. The minimum Gasteiger partial charge on any atom is -0.394 e. The topological polar surface area (TPSA) is 80.0 Å². The van der Waals surface area contributed by atoms with Crippen molar-refractivity contribution in [2.75, 3.05) is 6.61 Å². The van der Waals surface area contributed by atoms with Crippen molar-refractivity contribution in [1.29, 1.82) is 0 Å². The number of aliphatic hydroxyl groups excluding tert-OH is 1. The molecule has 2 heterocycles. The van der Waals surface area contributed by atoms with Gasteiger partial charge in [0.2, 0.25) is 0 Å². The van der Waals surface area contributed by atoms with Gasteiger partial charge in [0.05, 0.1) is 18.3 Å². The van der Waals surface area contributed by atoms with Crippen LogP contribution in [-0.4, -0.2) is 32.4 Å². The molecule has 2 aromatic heterocycles. The maximum atomic E-state index is 14.1. The molecule has 4 rings (SSSR count).